The lowest BCUT2D eigenvalue weighted by molar-refractivity contribution is 0.752. The van der Waals surface area contributed by atoms with Crippen LogP contribution in [0.1, 0.15) is 37.6 Å². The van der Waals surface area contributed by atoms with E-state index in [0.717, 1.165) is 41.0 Å². The molecule has 1 heterocycles. The second kappa shape index (κ2) is 5.68. The first kappa shape index (κ1) is 13.8. The van der Waals surface area contributed by atoms with Gasteiger partial charge >= 0.3 is 0 Å². The molecule has 0 unspecified atom stereocenters. The lowest BCUT2D eigenvalue weighted by atomic mass is 9.95. The van der Waals surface area contributed by atoms with Gasteiger partial charge in [-0.1, -0.05) is 37.3 Å². The van der Waals surface area contributed by atoms with Crippen LogP contribution in [0.15, 0.2) is 36.5 Å². The molecule has 1 aromatic heterocycles. The van der Waals surface area contributed by atoms with Crippen molar-refractivity contribution in [1.29, 1.82) is 0 Å². The standard InChI is InChI=1S/C16H18IN3/c1-2-10-18-14-13(17)11-19-15(20-14)16(8-9-16)12-6-4-3-5-7-12/h3-7,11H,2,8-10H2,1H3,(H,18,19,20). The highest BCUT2D eigenvalue weighted by atomic mass is 127. The fourth-order valence-corrected chi connectivity index (χ4v) is 2.94. The number of nitrogens with zero attached hydrogens (tertiary/aromatic N) is 2. The van der Waals surface area contributed by atoms with Gasteiger partial charge < -0.3 is 5.32 Å². The third-order valence-electron chi connectivity index (χ3n) is 3.79. The summed E-state index contributed by atoms with van der Waals surface area (Å²) in [6.45, 7) is 3.11. The minimum absolute atomic E-state index is 0.0498. The maximum atomic E-state index is 4.79. The summed E-state index contributed by atoms with van der Waals surface area (Å²) in [7, 11) is 0. The first-order chi connectivity index (χ1) is 9.76. The third kappa shape index (κ3) is 2.53. The lowest BCUT2D eigenvalue weighted by Gasteiger charge is -2.16. The van der Waals surface area contributed by atoms with E-state index in [1.54, 1.807) is 0 Å². The van der Waals surface area contributed by atoms with Crippen molar-refractivity contribution in [3.8, 4) is 0 Å². The molecule has 0 aliphatic heterocycles. The molecule has 2 aromatic rings. The number of hydrogen-bond acceptors (Lipinski definition) is 3. The maximum absolute atomic E-state index is 4.79. The Morgan fingerprint density at radius 1 is 1.25 bits per heavy atom. The molecule has 0 amide bonds. The minimum atomic E-state index is 0.0498. The maximum Gasteiger partial charge on any atom is 0.143 e. The van der Waals surface area contributed by atoms with E-state index in [4.69, 9.17) is 4.98 Å². The highest BCUT2D eigenvalue weighted by Crippen LogP contribution is 2.52. The summed E-state index contributed by atoms with van der Waals surface area (Å²) in [6, 6.07) is 10.6. The molecule has 20 heavy (non-hydrogen) atoms. The van der Waals surface area contributed by atoms with Crippen LogP contribution in [0.4, 0.5) is 5.82 Å². The molecule has 0 bridgehead atoms. The van der Waals surface area contributed by atoms with Gasteiger partial charge in [-0.15, -0.1) is 0 Å². The van der Waals surface area contributed by atoms with Gasteiger partial charge in [0.2, 0.25) is 0 Å². The molecule has 0 atom stereocenters. The van der Waals surface area contributed by atoms with Gasteiger partial charge in [0.05, 0.1) is 8.99 Å². The number of rotatable bonds is 5. The van der Waals surface area contributed by atoms with E-state index in [-0.39, 0.29) is 5.41 Å². The molecular formula is C16H18IN3. The highest BCUT2D eigenvalue weighted by molar-refractivity contribution is 14.1. The molecule has 1 aromatic carbocycles. The molecule has 1 saturated carbocycles. The first-order valence-corrected chi connectivity index (χ1v) is 8.16. The zero-order chi connectivity index (χ0) is 14.0. The minimum Gasteiger partial charge on any atom is -0.369 e. The smallest absolute Gasteiger partial charge is 0.143 e. The van der Waals surface area contributed by atoms with E-state index in [1.165, 1.54) is 5.56 Å². The van der Waals surface area contributed by atoms with Crippen LogP contribution >= 0.6 is 22.6 Å². The second-order valence-corrected chi connectivity index (χ2v) is 6.43. The zero-order valence-corrected chi connectivity index (χ0v) is 13.7. The number of hydrogen-bond donors (Lipinski definition) is 1. The van der Waals surface area contributed by atoms with Crippen molar-refractivity contribution in [2.45, 2.75) is 31.6 Å². The van der Waals surface area contributed by atoms with Crippen LogP contribution in [-0.4, -0.2) is 16.5 Å². The van der Waals surface area contributed by atoms with Gasteiger partial charge in [0, 0.05) is 12.7 Å². The molecule has 1 fully saturated rings. The van der Waals surface area contributed by atoms with Crippen molar-refractivity contribution in [3.63, 3.8) is 0 Å². The van der Waals surface area contributed by atoms with Gasteiger partial charge in [0.25, 0.3) is 0 Å². The monoisotopic (exact) mass is 379 g/mol. The predicted octanol–water partition coefficient (Wildman–Crippen LogP) is 3.98. The van der Waals surface area contributed by atoms with Crippen molar-refractivity contribution in [3.05, 3.63) is 51.5 Å². The Kier molecular flexibility index (Phi) is 3.92. The summed E-state index contributed by atoms with van der Waals surface area (Å²) in [4.78, 5) is 9.39. The van der Waals surface area contributed by atoms with Gasteiger partial charge in [-0.05, 0) is 47.4 Å². The highest BCUT2D eigenvalue weighted by Gasteiger charge is 2.48. The molecule has 1 aliphatic carbocycles. The van der Waals surface area contributed by atoms with Crippen LogP contribution in [0.2, 0.25) is 0 Å². The van der Waals surface area contributed by atoms with Gasteiger partial charge in [-0.3, -0.25) is 0 Å². The molecule has 0 radical (unpaired) electrons. The number of halogens is 1. The number of nitrogens with one attached hydrogen (secondary N) is 1. The molecule has 104 valence electrons. The Balaban J connectivity index is 1.94. The zero-order valence-electron chi connectivity index (χ0n) is 11.6. The Hall–Kier alpha value is -1.17. The Morgan fingerprint density at radius 2 is 2.00 bits per heavy atom. The topological polar surface area (TPSA) is 37.8 Å². The third-order valence-corrected chi connectivity index (χ3v) is 4.58. The molecule has 0 saturated heterocycles. The normalized spacial score (nSPS) is 15.9. The quantitative estimate of drug-likeness (QED) is 0.799. The molecular weight excluding hydrogens is 361 g/mol. The Morgan fingerprint density at radius 3 is 2.65 bits per heavy atom. The van der Waals surface area contributed by atoms with Gasteiger partial charge in [-0.25, -0.2) is 9.97 Å². The summed E-state index contributed by atoms with van der Waals surface area (Å²) in [5.41, 5.74) is 1.39. The Bertz CT molecular complexity index is 594. The molecule has 1 N–H and O–H groups in total. The van der Waals surface area contributed by atoms with Crippen molar-refractivity contribution in [1.82, 2.24) is 9.97 Å². The summed E-state index contributed by atoms with van der Waals surface area (Å²) < 4.78 is 1.09. The van der Waals surface area contributed by atoms with E-state index in [1.807, 2.05) is 6.20 Å². The van der Waals surface area contributed by atoms with E-state index in [2.05, 4.69) is 70.1 Å². The van der Waals surface area contributed by atoms with E-state index >= 15 is 0 Å². The summed E-state index contributed by atoms with van der Waals surface area (Å²) in [6.07, 6.45) is 5.32. The molecule has 3 nitrogen and oxygen atoms in total. The van der Waals surface area contributed by atoms with Gasteiger partial charge in [0.1, 0.15) is 11.6 Å². The average molecular weight is 379 g/mol. The van der Waals surface area contributed by atoms with Crippen LogP contribution < -0.4 is 5.32 Å². The van der Waals surface area contributed by atoms with E-state index in [0.29, 0.717) is 0 Å². The number of aromatic nitrogens is 2. The van der Waals surface area contributed by atoms with Gasteiger partial charge in [0.15, 0.2) is 0 Å². The van der Waals surface area contributed by atoms with Crippen LogP contribution in [0.5, 0.6) is 0 Å². The first-order valence-electron chi connectivity index (χ1n) is 7.09. The summed E-state index contributed by atoms with van der Waals surface area (Å²) >= 11 is 2.29. The van der Waals surface area contributed by atoms with Crippen molar-refractivity contribution in [2.75, 3.05) is 11.9 Å². The second-order valence-electron chi connectivity index (χ2n) is 5.27. The van der Waals surface area contributed by atoms with Crippen LogP contribution in [0.25, 0.3) is 0 Å². The molecule has 0 spiro atoms. The predicted molar refractivity (Wildman–Crippen MR) is 90.0 cm³/mol. The van der Waals surface area contributed by atoms with Gasteiger partial charge in [-0.2, -0.15) is 0 Å². The van der Waals surface area contributed by atoms with Crippen molar-refractivity contribution >= 4 is 28.4 Å². The van der Waals surface area contributed by atoms with Crippen LogP contribution in [-0.2, 0) is 5.41 Å². The molecule has 4 heteroatoms. The summed E-state index contributed by atoms with van der Waals surface area (Å²) in [5, 5.41) is 3.40. The van der Waals surface area contributed by atoms with Crippen LogP contribution in [0.3, 0.4) is 0 Å². The fraction of sp³-hybridized carbons (Fsp3) is 0.375. The van der Waals surface area contributed by atoms with Crippen molar-refractivity contribution in [2.24, 2.45) is 0 Å². The van der Waals surface area contributed by atoms with Crippen molar-refractivity contribution < 1.29 is 0 Å². The lowest BCUT2D eigenvalue weighted by Crippen LogP contribution is -2.15. The summed E-state index contributed by atoms with van der Waals surface area (Å²) in [5.74, 6) is 1.93. The number of anilines is 1. The molecule has 1 aliphatic rings. The van der Waals surface area contributed by atoms with E-state index in [9.17, 15) is 0 Å². The largest absolute Gasteiger partial charge is 0.369 e. The molecule has 3 rings (SSSR count). The Labute approximate surface area is 133 Å². The average Bonchev–Trinajstić information content (AvgIpc) is 3.29. The van der Waals surface area contributed by atoms with Crippen LogP contribution in [0, 0.1) is 3.57 Å². The SMILES string of the molecule is CCCNc1nc(C2(c3ccccc3)CC2)ncc1I. The fourth-order valence-electron chi connectivity index (χ4n) is 2.49. The van der Waals surface area contributed by atoms with E-state index < -0.39 is 0 Å². The number of benzene rings is 1.